The lowest BCUT2D eigenvalue weighted by Gasteiger charge is -2.09. The van der Waals surface area contributed by atoms with Crippen molar-refractivity contribution in [2.45, 2.75) is 38.8 Å². The van der Waals surface area contributed by atoms with Crippen LogP contribution in [0.2, 0.25) is 0 Å². The zero-order chi connectivity index (χ0) is 15.5. The number of methoxy groups -OCH3 is 1. The van der Waals surface area contributed by atoms with E-state index in [-0.39, 0.29) is 18.6 Å². The summed E-state index contributed by atoms with van der Waals surface area (Å²) in [6.45, 7) is 2.51. The lowest BCUT2D eigenvalue weighted by molar-refractivity contribution is -0.121. The molecular weight excluding hydrogens is 266 g/mol. The molecule has 0 aromatic heterocycles. The molecule has 0 radical (unpaired) electrons. The van der Waals surface area contributed by atoms with Gasteiger partial charge in [-0.1, -0.05) is 24.0 Å². The van der Waals surface area contributed by atoms with Crippen molar-refractivity contribution in [3.05, 3.63) is 35.4 Å². The van der Waals surface area contributed by atoms with Gasteiger partial charge in [-0.15, -0.1) is 0 Å². The summed E-state index contributed by atoms with van der Waals surface area (Å²) in [6, 6.07) is 7.73. The molecule has 1 amide bonds. The van der Waals surface area contributed by atoms with Gasteiger partial charge < -0.3 is 15.2 Å². The average molecular weight is 289 g/mol. The van der Waals surface area contributed by atoms with E-state index in [2.05, 4.69) is 17.2 Å². The smallest absolute Gasteiger partial charge is 0.220 e. The third-order valence-electron chi connectivity index (χ3n) is 3.07. The normalized spacial score (nSPS) is 11.4. The Kier molecular flexibility index (Phi) is 8.18. The van der Waals surface area contributed by atoms with Crippen LogP contribution < -0.4 is 5.32 Å². The molecular formula is C17H23NO3. The van der Waals surface area contributed by atoms with E-state index < -0.39 is 0 Å². The van der Waals surface area contributed by atoms with E-state index in [0.717, 1.165) is 17.5 Å². The molecule has 0 heterocycles. The fourth-order valence-electron chi connectivity index (χ4n) is 1.72. The monoisotopic (exact) mass is 289 g/mol. The minimum Gasteiger partial charge on any atom is -0.395 e. The molecule has 1 rings (SSSR count). The van der Waals surface area contributed by atoms with Crippen LogP contribution in [-0.2, 0) is 16.1 Å². The van der Waals surface area contributed by atoms with Crippen LogP contribution in [0.25, 0.3) is 0 Å². The summed E-state index contributed by atoms with van der Waals surface area (Å²) in [5.74, 6) is 5.89. The molecule has 114 valence electrons. The van der Waals surface area contributed by atoms with Crippen molar-refractivity contribution in [1.29, 1.82) is 0 Å². The first-order valence-corrected chi connectivity index (χ1v) is 7.14. The number of benzene rings is 1. The molecule has 2 N–H and O–H groups in total. The second kappa shape index (κ2) is 9.98. The highest BCUT2D eigenvalue weighted by Gasteiger charge is 2.05. The highest BCUT2D eigenvalue weighted by atomic mass is 16.5. The quantitative estimate of drug-likeness (QED) is 0.753. The summed E-state index contributed by atoms with van der Waals surface area (Å²) >= 11 is 0. The van der Waals surface area contributed by atoms with Crippen LogP contribution in [-0.4, -0.2) is 30.8 Å². The fraction of sp³-hybridized carbons (Fsp3) is 0.471. The largest absolute Gasteiger partial charge is 0.395 e. The molecule has 21 heavy (non-hydrogen) atoms. The molecule has 1 aromatic rings. The van der Waals surface area contributed by atoms with Crippen LogP contribution in [0.3, 0.4) is 0 Å². The molecule has 4 nitrogen and oxygen atoms in total. The molecule has 1 aromatic carbocycles. The first-order valence-electron chi connectivity index (χ1n) is 7.14. The van der Waals surface area contributed by atoms with Crippen LogP contribution in [0.4, 0.5) is 0 Å². The van der Waals surface area contributed by atoms with E-state index in [1.807, 2.05) is 31.2 Å². The Morgan fingerprint density at radius 2 is 2.29 bits per heavy atom. The molecule has 0 aliphatic heterocycles. The molecule has 0 aliphatic carbocycles. The molecule has 1 atom stereocenters. The minimum absolute atomic E-state index is 0.0238. The standard InChI is InChI=1S/C17H23NO3/c1-14(21-2)9-10-17(20)18-13-16-8-5-7-15(12-16)6-3-4-11-19/h5,7-8,12,14,19H,4,9-11,13H2,1-2H3,(H,18,20). The first kappa shape index (κ1) is 17.2. The summed E-state index contributed by atoms with van der Waals surface area (Å²) < 4.78 is 5.11. The number of hydrogen-bond acceptors (Lipinski definition) is 3. The number of carbonyl (C=O) groups excluding carboxylic acids is 1. The van der Waals surface area contributed by atoms with Gasteiger partial charge in [-0.2, -0.15) is 0 Å². The Labute approximate surface area is 126 Å². The molecule has 0 saturated carbocycles. The Balaban J connectivity index is 2.43. The van der Waals surface area contributed by atoms with E-state index in [4.69, 9.17) is 9.84 Å². The Hall–Kier alpha value is -1.83. The number of nitrogens with one attached hydrogen (secondary N) is 1. The number of amides is 1. The zero-order valence-corrected chi connectivity index (χ0v) is 12.7. The van der Waals surface area contributed by atoms with Crippen molar-refractivity contribution < 1.29 is 14.6 Å². The summed E-state index contributed by atoms with van der Waals surface area (Å²) in [7, 11) is 1.64. The van der Waals surface area contributed by atoms with Crippen LogP contribution in [0.1, 0.15) is 37.3 Å². The molecule has 0 fully saturated rings. The van der Waals surface area contributed by atoms with E-state index in [1.54, 1.807) is 7.11 Å². The van der Waals surface area contributed by atoms with Crippen molar-refractivity contribution in [3.63, 3.8) is 0 Å². The van der Waals surface area contributed by atoms with Gasteiger partial charge in [0.05, 0.1) is 12.7 Å². The second-order valence-electron chi connectivity index (χ2n) is 4.84. The SMILES string of the molecule is COC(C)CCC(=O)NCc1cccc(C#CCCO)c1. The average Bonchev–Trinajstić information content (AvgIpc) is 2.51. The Bertz CT molecular complexity index is 502. The molecule has 0 spiro atoms. The third-order valence-corrected chi connectivity index (χ3v) is 3.07. The van der Waals surface area contributed by atoms with E-state index in [0.29, 0.717) is 19.4 Å². The van der Waals surface area contributed by atoms with Crippen LogP contribution in [0, 0.1) is 11.8 Å². The topological polar surface area (TPSA) is 58.6 Å². The van der Waals surface area contributed by atoms with E-state index in [9.17, 15) is 4.79 Å². The lowest BCUT2D eigenvalue weighted by Crippen LogP contribution is -2.23. The van der Waals surface area contributed by atoms with Gasteiger partial charge in [0.1, 0.15) is 0 Å². The van der Waals surface area contributed by atoms with Crippen molar-refractivity contribution >= 4 is 5.91 Å². The summed E-state index contributed by atoms with van der Waals surface area (Å²) in [5, 5.41) is 11.6. The summed E-state index contributed by atoms with van der Waals surface area (Å²) in [6.07, 6.45) is 1.75. The number of hydrogen-bond donors (Lipinski definition) is 2. The van der Waals surface area contributed by atoms with E-state index in [1.165, 1.54) is 0 Å². The highest BCUT2D eigenvalue weighted by Crippen LogP contribution is 2.05. The van der Waals surface area contributed by atoms with Crippen molar-refractivity contribution in [1.82, 2.24) is 5.32 Å². The minimum atomic E-state index is 0.0238. The Morgan fingerprint density at radius 3 is 3.00 bits per heavy atom. The maximum atomic E-state index is 11.7. The third kappa shape index (κ3) is 7.50. The molecule has 0 aliphatic rings. The van der Waals surface area contributed by atoms with Gasteiger partial charge in [0, 0.05) is 32.1 Å². The lowest BCUT2D eigenvalue weighted by atomic mass is 10.1. The van der Waals surface area contributed by atoms with Crippen LogP contribution >= 0.6 is 0 Å². The number of aliphatic hydroxyl groups excluding tert-OH is 1. The predicted molar refractivity (Wildman–Crippen MR) is 82.6 cm³/mol. The van der Waals surface area contributed by atoms with Gasteiger partial charge in [0.25, 0.3) is 0 Å². The highest BCUT2D eigenvalue weighted by molar-refractivity contribution is 5.75. The number of ether oxygens (including phenoxy) is 1. The van der Waals surface area contributed by atoms with Gasteiger partial charge in [-0.25, -0.2) is 0 Å². The first-order chi connectivity index (χ1) is 10.2. The van der Waals surface area contributed by atoms with Gasteiger partial charge in [0.15, 0.2) is 0 Å². The van der Waals surface area contributed by atoms with Crippen molar-refractivity contribution in [2.75, 3.05) is 13.7 Å². The van der Waals surface area contributed by atoms with E-state index >= 15 is 0 Å². The Morgan fingerprint density at radius 1 is 1.48 bits per heavy atom. The summed E-state index contributed by atoms with van der Waals surface area (Å²) in [4.78, 5) is 11.7. The molecule has 0 bridgehead atoms. The number of rotatable bonds is 7. The molecule has 0 saturated heterocycles. The predicted octanol–water partition coefficient (Wildman–Crippen LogP) is 1.85. The van der Waals surface area contributed by atoms with Gasteiger partial charge in [-0.3, -0.25) is 4.79 Å². The van der Waals surface area contributed by atoms with Crippen LogP contribution in [0.15, 0.2) is 24.3 Å². The number of aliphatic hydroxyl groups is 1. The summed E-state index contributed by atoms with van der Waals surface area (Å²) in [5.41, 5.74) is 1.90. The van der Waals surface area contributed by atoms with Crippen molar-refractivity contribution in [3.8, 4) is 11.8 Å². The van der Waals surface area contributed by atoms with Gasteiger partial charge >= 0.3 is 0 Å². The molecule has 4 heteroatoms. The molecule has 1 unspecified atom stereocenters. The zero-order valence-electron chi connectivity index (χ0n) is 12.7. The van der Waals surface area contributed by atoms with Crippen molar-refractivity contribution in [2.24, 2.45) is 0 Å². The van der Waals surface area contributed by atoms with Gasteiger partial charge in [0.2, 0.25) is 5.91 Å². The second-order valence-corrected chi connectivity index (χ2v) is 4.84. The van der Waals surface area contributed by atoms with Crippen LogP contribution in [0.5, 0.6) is 0 Å². The number of carbonyl (C=O) groups is 1. The fourth-order valence-corrected chi connectivity index (χ4v) is 1.72. The van der Waals surface area contributed by atoms with Gasteiger partial charge in [-0.05, 0) is 31.0 Å². The maximum absolute atomic E-state index is 11.7. The maximum Gasteiger partial charge on any atom is 0.220 e.